The molecule has 0 bridgehead atoms. The van der Waals surface area contributed by atoms with Gasteiger partial charge in [-0.15, -0.1) is 0 Å². The van der Waals surface area contributed by atoms with Crippen molar-refractivity contribution in [3.8, 4) is 0 Å². The average molecular weight is 357 g/mol. The number of aliphatic imine (C=N–C) groups is 1. The third-order valence-electron chi connectivity index (χ3n) is 4.58. The molecule has 0 atom stereocenters. The zero-order valence-corrected chi connectivity index (χ0v) is 14.5. The standard InChI is InChI=1S/C20H15ClF2N2/c1-19(2)20(22,23)15-11-13(21)8-9-14(15)18(25-19)17-10-7-12-5-3-4-6-16(12)24-17/h3-11H,1-2H3. The summed E-state index contributed by atoms with van der Waals surface area (Å²) in [6.45, 7) is 2.86. The van der Waals surface area contributed by atoms with Crippen LogP contribution in [0.4, 0.5) is 8.78 Å². The molecular formula is C20H15ClF2N2. The molecule has 3 aromatic rings. The van der Waals surface area contributed by atoms with Crippen LogP contribution in [-0.4, -0.2) is 16.2 Å². The van der Waals surface area contributed by atoms with Gasteiger partial charge >= 0.3 is 0 Å². The summed E-state index contributed by atoms with van der Waals surface area (Å²) >= 11 is 5.98. The number of aromatic nitrogens is 1. The fourth-order valence-corrected chi connectivity index (χ4v) is 3.29. The summed E-state index contributed by atoms with van der Waals surface area (Å²) in [6, 6.07) is 16.0. The summed E-state index contributed by atoms with van der Waals surface area (Å²) in [7, 11) is 0. The summed E-state index contributed by atoms with van der Waals surface area (Å²) in [4.78, 5) is 9.00. The normalized spacial score (nSPS) is 17.9. The number of fused-ring (bicyclic) bond motifs is 2. The average Bonchev–Trinajstić information content (AvgIpc) is 2.58. The first kappa shape index (κ1) is 16.2. The van der Waals surface area contributed by atoms with Gasteiger partial charge in [0.2, 0.25) is 0 Å². The van der Waals surface area contributed by atoms with Gasteiger partial charge in [-0.3, -0.25) is 4.99 Å². The Morgan fingerprint density at radius 1 is 0.960 bits per heavy atom. The Hall–Kier alpha value is -2.33. The summed E-state index contributed by atoms with van der Waals surface area (Å²) in [5.74, 6) is -3.12. The lowest BCUT2D eigenvalue weighted by Gasteiger charge is -2.37. The number of pyridine rings is 1. The predicted octanol–water partition coefficient (Wildman–Crippen LogP) is 5.61. The van der Waals surface area contributed by atoms with E-state index in [2.05, 4.69) is 9.98 Å². The van der Waals surface area contributed by atoms with Gasteiger partial charge in [0.25, 0.3) is 5.92 Å². The second-order valence-electron chi connectivity index (χ2n) is 6.67. The lowest BCUT2D eigenvalue weighted by molar-refractivity contribution is -0.0682. The van der Waals surface area contributed by atoms with Gasteiger partial charge in [-0.1, -0.05) is 41.9 Å². The van der Waals surface area contributed by atoms with E-state index in [1.165, 1.54) is 19.9 Å². The van der Waals surface area contributed by atoms with Gasteiger partial charge in [0.05, 0.1) is 16.9 Å². The number of alkyl halides is 2. The van der Waals surface area contributed by atoms with Crippen LogP contribution in [0.2, 0.25) is 5.02 Å². The van der Waals surface area contributed by atoms with Crippen molar-refractivity contribution in [3.05, 3.63) is 76.4 Å². The van der Waals surface area contributed by atoms with Crippen LogP contribution in [0.1, 0.15) is 30.7 Å². The smallest absolute Gasteiger partial charge is 0.270 e. The quantitative estimate of drug-likeness (QED) is 0.556. The van der Waals surface area contributed by atoms with Crippen molar-refractivity contribution >= 4 is 28.2 Å². The number of halogens is 3. The Kier molecular flexibility index (Phi) is 3.45. The summed E-state index contributed by atoms with van der Waals surface area (Å²) in [6.07, 6.45) is 0. The van der Waals surface area contributed by atoms with E-state index in [1.54, 1.807) is 12.1 Å². The molecule has 2 heterocycles. The Balaban J connectivity index is 1.98. The SMILES string of the molecule is CC1(C)N=C(c2ccc3ccccc3n2)c2ccc(Cl)cc2C1(F)F. The lowest BCUT2D eigenvalue weighted by atomic mass is 9.82. The van der Waals surface area contributed by atoms with Crippen LogP contribution in [-0.2, 0) is 5.92 Å². The van der Waals surface area contributed by atoms with E-state index in [0.29, 0.717) is 17.0 Å². The van der Waals surface area contributed by atoms with Crippen molar-refractivity contribution in [1.29, 1.82) is 0 Å². The summed E-state index contributed by atoms with van der Waals surface area (Å²) in [5.41, 5.74) is 0.516. The molecule has 1 aliphatic heterocycles. The minimum absolute atomic E-state index is 0.107. The molecule has 0 saturated heterocycles. The Morgan fingerprint density at radius 2 is 1.72 bits per heavy atom. The van der Waals surface area contributed by atoms with Crippen molar-refractivity contribution in [1.82, 2.24) is 4.98 Å². The molecule has 25 heavy (non-hydrogen) atoms. The molecule has 1 aromatic heterocycles. The number of hydrogen-bond acceptors (Lipinski definition) is 2. The Labute approximate surface area is 149 Å². The molecule has 2 aromatic carbocycles. The molecule has 5 heteroatoms. The predicted molar refractivity (Wildman–Crippen MR) is 96.8 cm³/mol. The molecule has 0 radical (unpaired) electrons. The molecule has 0 fully saturated rings. The minimum Gasteiger partial charge on any atom is -0.270 e. The van der Waals surface area contributed by atoms with Crippen molar-refractivity contribution in [2.24, 2.45) is 4.99 Å². The number of benzene rings is 2. The third-order valence-corrected chi connectivity index (χ3v) is 4.81. The van der Waals surface area contributed by atoms with Crippen LogP contribution in [0, 0.1) is 0 Å². The third kappa shape index (κ3) is 2.44. The molecule has 0 spiro atoms. The van der Waals surface area contributed by atoms with Crippen LogP contribution in [0.15, 0.2) is 59.6 Å². The molecular weight excluding hydrogens is 342 g/mol. The van der Waals surface area contributed by atoms with E-state index in [0.717, 1.165) is 10.9 Å². The lowest BCUT2D eigenvalue weighted by Crippen LogP contribution is -2.44. The van der Waals surface area contributed by atoms with Gasteiger partial charge < -0.3 is 0 Å². The second kappa shape index (κ2) is 5.33. The van der Waals surface area contributed by atoms with E-state index in [4.69, 9.17) is 11.6 Å². The Bertz CT molecular complexity index is 1030. The van der Waals surface area contributed by atoms with Crippen molar-refractivity contribution in [3.63, 3.8) is 0 Å². The van der Waals surface area contributed by atoms with Crippen molar-refractivity contribution in [2.45, 2.75) is 25.3 Å². The van der Waals surface area contributed by atoms with Crippen LogP contribution >= 0.6 is 11.6 Å². The largest absolute Gasteiger partial charge is 0.298 e. The van der Waals surface area contributed by atoms with Gasteiger partial charge in [0.1, 0.15) is 5.54 Å². The second-order valence-corrected chi connectivity index (χ2v) is 7.11. The maximum Gasteiger partial charge on any atom is 0.298 e. The number of hydrogen-bond donors (Lipinski definition) is 0. The summed E-state index contributed by atoms with van der Waals surface area (Å²) < 4.78 is 29.8. The van der Waals surface area contributed by atoms with Crippen LogP contribution < -0.4 is 0 Å². The molecule has 2 nitrogen and oxygen atoms in total. The first-order valence-electron chi connectivity index (χ1n) is 7.94. The maximum absolute atomic E-state index is 14.9. The number of rotatable bonds is 1. The topological polar surface area (TPSA) is 25.2 Å². The maximum atomic E-state index is 14.9. The van der Waals surface area contributed by atoms with Gasteiger partial charge in [0.15, 0.2) is 0 Å². The highest BCUT2D eigenvalue weighted by molar-refractivity contribution is 6.31. The first-order chi connectivity index (χ1) is 11.8. The van der Waals surface area contributed by atoms with E-state index in [-0.39, 0.29) is 10.6 Å². The van der Waals surface area contributed by atoms with Crippen LogP contribution in [0.5, 0.6) is 0 Å². The van der Waals surface area contributed by atoms with Gasteiger partial charge in [-0.25, -0.2) is 4.98 Å². The molecule has 1 aliphatic rings. The molecule has 0 unspecified atom stereocenters. The van der Waals surface area contributed by atoms with Crippen LogP contribution in [0.3, 0.4) is 0 Å². The van der Waals surface area contributed by atoms with E-state index < -0.39 is 11.5 Å². The highest BCUT2D eigenvalue weighted by atomic mass is 35.5. The van der Waals surface area contributed by atoms with Gasteiger partial charge in [-0.2, -0.15) is 8.78 Å². The van der Waals surface area contributed by atoms with Crippen molar-refractivity contribution < 1.29 is 8.78 Å². The highest BCUT2D eigenvalue weighted by Crippen LogP contribution is 2.47. The zero-order valence-electron chi connectivity index (χ0n) is 13.7. The minimum atomic E-state index is -3.12. The van der Waals surface area contributed by atoms with Gasteiger partial charge in [0, 0.05) is 21.5 Å². The monoisotopic (exact) mass is 356 g/mol. The molecule has 0 saturated carbocycles. The highest BCUT2D eigenvalue weighted by Gasteiger charge is 2.53. The van der Waals surface area contributed by atoms with E-state index >= 15 is 0 Å². The molecule has 0 N–H and O–H groups in total. The fourth-order valence-electron chi connectivity index (χ4n) is 3.12. The number of nitrogens with zero attached hydrogens (tertiary/aromatic N) is 2. The van der Waals surface area contributed by atoms with E-state index in [1.807, 2.05) is 36.4 Å². The summed E-state index contributed by atoms with van der Waals surface area (Å²) in [5, 5.41) is 1.27. The van der Waals surface area contributed by atoms with Crippen LogP contribution in [0.25, 0.3) is 10.9 Å². The molecule has 0 aliphatic carbocycles. The number of para-hydroxylation sites is 1. The Morgan fingerprint density at radius 3 is 2.52 bits per heavy atom. The molecule has 4 rings (SSSR count). The molecule has 126 valence electrons. The fraction of sp³-hybridized carbons (Fsp3) is 0.200. The van der Waals surface area contributed by atoms with Crippen molar-refractivity contribution in [2.75, 3.05) is 0 Å². The first-order valence-corrected chi connectivity index (χ1v) is 8.32. The zero-order chi connectivity index (χ0) is 17.8. The van der Waals surface area contributed by atoms with Gasteiger partial charge in [-0.05, 0) is 38.1 Å². The molecule has 0 amide bonds. The van der Waals surface area contributed by atoms with E-state index in [9.17, 15) is 8.78 Å².